The lowest BCUT2D eigenvalue weighted by Crippen LogP contribution is -2.37. The van der Waals surface area contributed by atoms with E-state index in [0.717, 1.165) is 12.0 Å². The average molecular weight is 333 g/mol. The molecule has 0 spiro atoms. The van der Waals surface area contributed by atoms with E-state index in [-0.39, 0.29) is 17.5 Å². The van der Waals surface area contributed by atoms with Crippen molar-refractivity contribution in [3.8, 4) is 0 Å². The van der Waals surface area contributed by atoms with E-state index in [1.807, 2.05) is 31.2 Å². The van der Waals surface area contributed by atoms with Crippen LogP contribution in [-0.4, -0.2) is 28.5 Å². The van der Waals surface area contributed by atoms with E-state index in [4.69, 9.17) is 11.6 Å². The standard InChI is InChI=1S/C18H21ClN2O2/c1-14(13-15-6-8-16(19)9-7-15)20(2)17(22)10-12-21-11-4-3-5-18(21)23/h3-9,11,14H,10,12-13H2,1-2H3/t14-/m1/s1. The molecule has 0 unspecified atom stereocenters. The maximum Gasteiger partial charge on any atom is 0.250 e. The van der Waals surface area contributed by atoms with Crippen molar-refractivity contribution in [2.45, 2.75) is 32.4 Å². The van der Waals surface area contributed by atoms with Crippen molar-refractivity contribution in [3.63, 3.8) is 0 Å². The Morgan fingerprint density at radius 1 is 1.22 bits per heavy atom. The lowest BCUT2D eigenvalue weighted by Gasteiger charge is -2.25. The summed E-state index contributed by atoms with van der Waals surface area (Å²) < 4.78 is 1.55. The molecular weight excluding hydrogens is 312 g/mol. The number of hydrogen-bond donors (Lipinski definition) is 0. The Labute approximate surface area is 141 Å². The maximum atomic E-state index is 12.3. The highest BCUT2D eigenvalue weighted by Crippen LogP contribution is 2.13. The quantitative estimate of drug-likeness (QED) is 0.816. The Kier molecular flexibility index (Phi) is 5.99. The zero-order valence-corrected chi connectivity index (χ0v) is 14.2. The van der Waals surface area contributed by atoms with Gasteiger partial charge in [-0.1, -0.05) is 29.8 Å². The Morgan fingerprint density at radius 2 is 1.91 bits per heavy atom. The number of likely N-dealkylation sites (N-methyl/N-ethyl adjacent to an activating group) is 1. The van der Waals surface area contributed by atoms with Crippen LogP contribution in [0, 0.1) is 0 Å². The number of carbonyl (C=O) groups is 1. The highest BCUT2D eigenvalue weighted by molar-refractivity contribution is 6.30. The van der Waals surface area contributed by atoms with Crippen LogP contribution in [0.3, 0.4) is 0 Å². The number of pyridine rings is 1. The molecule has 0 saturated heterocycles. The number of carbonyl (C=O) groups excluding carboxylic acids is 1. The fourth-order valence-corrected chi connectivity index (χ4v) is 2.51. The van der Waals surface area contributed by atoms with E-state index in [9.17, 15) is 9.59 Å². The molecule has 0 fully saturated rings. The number of aromatic nitrogens is 1. The summed E-state index contributed by atoms with van der Waals surface area (Å²) in [6.45, 7) is 2.41. The molecule has 0 N–H and O–H groups in total. The third kappa shape index (κ3) is 4.96. The van der Waals surface area contributed by atoms with Gasteiger partial charge in [-0.2, -0.15) is 0 Å². The van der Waals surface area contributed by atoms with Gasteiger partial charge in [-0.05, 0) is 37.1 Å². The second-order valence-corrected chi connectivity index (χ2v) is 6.10. The van der Waals surface area contributed by atoms with Crippen LogP contribution < -0.4 is 5.56 Å². The minimum absolute atomic E-state index is 0.0298. The molecule has 2 rings (SSSR count). The van der Waals surface area contributed by atoms with Crippen molar-refractivity contribution in [2.24, 2.45) is 0 Å². The first-order chi connectivity index (χ1) is 11.0. The smallest absolute Gasteiger partial charge is 0.250 e. The molecule has 122 valence electrons. The largest absolute Gasteiger partial charge is 0.343 e. The zero-order valence-electron chi connectivity index (χ0n) is 13.4. The van der Waals surface area contributed by atoms with E-state index in [0.29, 0.717) is 18.0 Å². The van der Waals surface area contributed by atoms with E-state index in [2.05, 4.69) is 0 Å². The van der Waals surface area contributed by atoms with Crippen LogP contribution in [0.2, 0.25) is 5.02 Å². The van der Waals surface area contributed by atoms with Crippen molar-refractivity contribution < 1.29 is 4.79 Å². The Bertz CT molecular complexity index is 709. The number of amides is 1. The Hall–Kier alpha value is -2.07. The van der Waals surface area contributed by atoms with Crippen LogP contribution in [0.5, 0.6) is 0 Å². The molecule has 1 atom stereocenters. The van der Waals surface area contributed by atoms with Crippen molar-refractivity contribution in [2.75, 3.05) is 7.05 Å². The van der Waals surface area contributed by atoms with E-state index in [1.165, 1.54) is 6.07 Å². The lowest BCUT2D eigenvalue weighted by molar-refractivity contribution is -0.131. The second kappa shape index (κ2) is 7.97. The predicted molar refractivity (Wildman–Crippen MR) is 92.7 cm³/mol. The van der Waals surface area contributed by atoms with Crippen LogP contribution in [0.15, 0.2) is 53.5 Å². The first kappa shape index (κ1) is 17.3. The topological polar surface area (TPSA) is 42.3 Å². The molecule has 0 radical (unpaired) electrons. The number of halogens is 1. The first-order valence-corrected chi connectivity index (χ1v) is 8.00. The molecule has 0 bridgehead atoms. The number of hydrogen-bond acceptors (Lipinski definition) is 2. The first-order valence-electron chi connectivity index (χ1n) is 7.63. The average Bonchev–Trinajstić information content (AvgIpc) is 2.55. The minimum atomic E-state index is -0.0860. The fourth-order valence-electron chi connectivity index (χ4n) is 2.38. The Balaban J connectivity index is 1.89. The van der Waals surface area contributed by atoms with Gasteiger partial charge in [0.25, 0.3) is 5.56 Å². The number of nitrogens with zero attached hydrogens (tertiary/aromatic N) is 2. The summed E-state index contributed by atoms with van der Waals surface area (Å²) in [5, 5.41) is 0.708. The fraction of sp³-hybridized carbons (Fsp3) is 0.333. The molecular formula is C18H21ClN2O2. The molecule has 0 aliphatic heterocycles. The molecule has 0 aliphatic rings. The molecule has 5 heteroatoms. The number of rotatable bonds is 6. The second-order valence-electron chi connectivity index (χ2n) is 5.67. The summed E-state index contributed by atoms with van der Waals surface area (Å²) in [5.41, 5.74) is 1.05. The molecule has 1 heterocycles. The van der Waals surface area contributed by atoms with Crippen LogP contribution in [0.1, 0.15) is 18.9 Å². The molecule has 23 heavy (non-hydrogen) atoms. The van der Waals surface area contributed by atoms with Gasteiger partial charge in [-0.25, -0.2) is 0 Å². The minimum Gasteiger partial charge on any atom is -0.343 e. The summed E-state index contributed by atoms with van der Waals surface area (Å²) >= 11 is 5.88. The number of benzene rings is 1. The third-order valence-corrected chi connectivity index (χ3v) is 4.22. The van der Waals surface area contributed by atoms with Gasteiger partial charge in [-0.3, -0.25) is 9.59 Å². The van der Waals surface area contributed by atoms with E-state index >= 15 is 0 Å². The van der Waals surface area contributed by atoms with Gasteiger partial charge in [0.1, 0.15) is 0 Å². The van der Waals surface area contributed by atoms with Gasteiger partial charge in [0, 0.05) is 43.3 Å². The summed E-state index contributed by atoms with van der Waals surface area (Å²) in [5.74, 6) is 0.0298. The van der Waals surface area contributed by atoms with Crippen LogP contribution in [0.4, 0.5) is 0 Å². The van der Waals surface area contributed by atoms with E-state index in [1.54, 1.807) is 34.8 Å². The zero-order chi connectivity index (χ0) is 16.8. The van der Waals surface area contributed by atoms with Gasteiger partial charge < -0.3 is 9.47 Å². The highest BCUT2D eigenvalue weighted by Gasteiger charge is 2.16. The summed E-state index contributed by atoms with van der Waals surface area (Å²) in [6, 6.07) is 12.7. The molecule has 2 aromatic rings. The molecule has 4 nitrogen and oxygen atoms in total. The van der Waals surface area contributed by atoms with Gasteiger partial charge in [0.05, 0.1) is 0 Å². The van der Waals surface area contributed by atoms with Gasteiger partial charge in [-0.15, -0.1) is 0 Å². The molecule has 1 amide bonds. The van der Waals surface area contributed by atoms with E-state index < -0.39 is 0 Å². The third-order valence-electron chi connectivity index (χ3n) is 3.96. The van der Waals surface area contributed by atoms with Crippen molar-refractivity contribution in [1.82, 2.24) is 9.47 Å². The summed E-state index contributed by atoms with van der Waals surface area (Å²) in [7, 11) is 1.80. The van der Waals surface area contributed by atoms with Crippen LogP contribution >= 0.6 is 11.6 Å². The lowest BCUT2D eigenvalue weighted by atomic mass is 10.1. The summed E-state index contributed by atoms with van der Waals surface area (Å²) in [4.78, 5) is 25.7. The van der Waals surface area contributed by atoms with Gasteiger partial charge in [0.2, 0.25) is 5.91 Å². The van der Waals surface area contributed by atoms with Crippen molar-refractivity contribution >= 4 is 17.5 Å². The van der Waals surface area contributed by atoms with Crippen LogP contribution in [-0.2, 0) is 17.8 Å². The normalized spacial score (nSPS) is 12.0. The van der Waals surface area contributed by atoms with Crippen LogP contribution in [0.25, 0.3) is 0 Å². The molecule has 1 aromatic carbocycles. The molecule has 0 saturated carbocycles. The van der Waals surface area contributed by atoms with Gasteiger partial charge in [0.15, 0.2) is 0 Å². The summed E-state index contributed by atoms with van der Waals surface area (Å²) in [6.07, 6.45) is 2.78. The maximum absolute atomic E-state index is 12.3. The predicted octanol–water partition coefficient (Wildman–Crippen LogP) is 2.98. The van der Waals surface area contributed by atoms with Crippen molar-refractivity contribution in [3.05, 3.63) is 69.6 Å². The van der Waals surface area contributed by atoms with Crippen molar-refractivity contribution in [1.29, 1.82) is 0 Å². The molecule has 1 aromatic heterocycles. The SMILES string of the molecule is C[C@H](Cc1ccc(Cl)cc1)N(C)C(=O)CCn1ccccc1=O. The Morgan fingerprint density at radius 3 is 2.57 bits per heavy atom. The van der Waals surface area contributed by atoms with Gasteiger partial charge >= 0.3 is 0 Å². The number of aryl methyl sites for hydroxylation is 1. The molecule has 0 aliphatic carbocycles. The monoisotopic (exact) mass is 332 g/mol. The highest BCUT2D eigenvalue weighted by atomic mass is 35.5.